The minimum Gasteiger partial charge on any atom is -0.323 e. The van der Waals surface area contributed by atoms with Crippen LogP contribution < -0.4 is 10.6 Å². The molecule has 2 N–H and O–H groups in total. The maximum absolute atomic E-state index is 13.6. The first-order valence-corrected chi connectivity index (χ1v) is 10.5. The van der Waals surface area contributed by atoms with Crippen molar-refractivity contribution in [3.63, 3.8) is 0 Å². The van der Waals surface area contributed by atoms with Crippen LogP contribution in [0.5, 0.6) is 0 Å². The summed E-state index contributed by atoms with van der Waals surface area (Å²) >= 11 is 1.37. The topological polar surface area (TPSA) is 71.1 Å². The molecule has 0 unspecified atom stereocenters. The van der Waals surface area contributed by atoms with E-state index in [2.05, 4.69) is 15.6 Å². The lowest BCUT2D eigenvalue weighted by atomic mass is 10.0. The molecule has 0 atom stereocenters. The molecule has 0 bridgehead atoms. The van der Waals surface area contributed by atoms with Crippen molar-refractivity contribution in [1.29, 1.82) is 0 Å². The molecule has 30 heavy (non-hydrogen) atoms. The van der Waals surface area contributed by atoms with Gasteiger partial charge in [-0.2, -0.15) is 0 Å². The Morgan fingerprint density at radius 3 is 2.00 bits per heavy atom. The van der Waals surface area contributed by atoms with E-state index >= 15 is 0 Å². The fourth-order valence-corrected chi connectivity index (χ4v) is 3.95. The Morgan fingerprint density at radius 2 is 1.43 bits per heavy atom. The third kappa shape index (κ3) is 4.74. The van der Waals surface area contributed by atoms with Crippen LogP contribution in [0.3, 0.4) is 0 Å². The molecule has 3 rings (SSSR count). The van der Waals surface area contributed by atoms with Crippen LogP contribution in [-0.2, 0) is 9.59 Å². The van der Waals surface area contributed by atoms with E-state index in [-0.39, 0.29) is 29.5 Å². The molecule has 0 radical (unpaired) electrons. The number of hydrogen-bond acceptors (Lipinski definition) is 4. The van der Waals surface area contributed by atoms with Gasteiger partial charge in [-0.15, -0.1) is 11.3 Å². The number of anilines is 2. The highest BCUT2D eigenvalue weighted by atomic mass is 32.1. The van der Waals surface area contributed by atoms with E-state index in [1.165, 1.54) is 23.5 Å². The van der Waals surface area contributed by atoms with Gasteiger partial charge in [-0.3, -0.25) is 14.6 Å². The van der Waals surface area contributed by atoms with Crippen LogP contribution in [0.25, 0.3) is 21.6 Å². The van der Waals surface area contributed by atoms with Crippen LogP contribution in [0.15, 0.2) is 48.8 Å². The van der Waals surface area contributed by atoms with Crippen LogP contribution in [0.1, 0.15) is 27.7 Å². The average Bonchev–Trinajstić information content (AvgIpc) is 3.07. The lowest BCUT2D eigenvalue weighted by Crippen LogP contribution is -2.21. The minimum absolute atomic E-state index is 0.150. The lowest BCUT2D eigenvalue weighted by Gasteiger charge is -2.14. The molecule has 2 heterocycles. The maximum Gasteiger partial charge on any atom is 0.227 e. The molecule has 5 nitrogen and oxygen atoms in total. The van der Waals surface area contributed by atoms with Crippen LogP contribution >= 0.6 is 11.3 Å². The number of pyridine rings is 1. The molecule has 0 aliphatic carbocycles. The van der Waals surface area contributed by atoms with Crippen molar-refractivity contribution in [3.8, 4) is 21.6 Å². The standard InChI is InChI=1S/C23H24FN3O2S/c1-13(2)21(28)26-19-18(15-5-7-17(24)8-6-15)20(16-9-11-25-12-10-16)30-23(19)27-22(29)14(3)4/h5-14H,1-4H3,(H,26,28)(H,27,29). The normalized spacial score (nSPS) is 11.0. The Bertz CT molecular complexity index is 1040. The minimum atomic E-state index is -0.347. The van der Waals surface area contributed by atoms with Gasteiger partial charge in [0.05, 0.1) is 5.69 Å². The number of nitrogens with one attached hydrogen (secondary N) is 2. The summed E-state index contributed by atoms with van der Waals surface area (Å²) in [6.07, 6.45) is 3.37. The van der Waals surface area contributed by atoms with Crippen molar-refractivity contribution in [1.82, 2.24) is 4.98 Å². The number of thiophene rings is 1. The molecule has 3 aromatic rings. The predicted octanol–water partition coefficient (Wildman–Crippen LogP) is 5.81. The number of carbonyl (C=O) groups is 2. The molecule has 0 aliphatic rings. The Balaban J connectivity index is 2.25. The number of hydrogen-bond donors (Lipinski definition) is 2. The van der Waals surface area contributed by atoms with E-state index in [9.17, 15) is 14.0 Å². The van der Waals surface area contributed by atoms with E-state index in [1.54, 1.807) is 52.2 Å². The molecule has 0 saturated heterocycles. The lowest BCUT2D eigenvalue weighted by molar-refractivity contribution is -0.119. The van der Waals surface area contributed by atoms with Gasteiger partial charge in [0.2, 0.25) is 11.8 Å². The van der Waals surface area contributed by atoms with E-state index in [0.717, 1.165) is 21.6 Å². The van der Waals surface area contributed by atoms with Crippen LogP contribution in [-0.4, -0.2) is 16.8 Å². The predicted molar refractivity (Wildman–Crippen MR) is 120 cm³/mol. The highest BCUT2D eigenvalue weighted by Gasteiger charge is 2.25. The van der Waals surface area contributed by atoms with Crippen molar-refractivity contribution < 1.29 is 14.0 Å². The third-order valence-corrected chi connectivity index (χ3v) is 5.67. The van der Waals surface area contributed by atoms with Crippen molar-refractivity contribution in [2.75, 3.05) is 10.6 Å². The molecule has 0 aliphatic heterocycles. The SMILES string of the molecule is CC(C)C(=O)Nc1sc(-c2ccncc2)c(-c2ccc(F)cc2)c1NC(=O)C(C)C. The second-order valence-corrected chi connectivity index (χ2v) is 8.56. The number of rotatable bonds is 6. The second-order valence-electron chi connectivity index (χ2n) is 7.54. The Kier molecular flexibility index (Phi) is 6.62. The van der Waals surface area contributed by atoms with Gasteiger partial charge in [0.1, 0.15) is 10.8 Å². The summed E-state index contributed by atoms with van der Waals surface area (Å²) in [6.45, 7) is 7.21. The Hall–Kier alpha value is -3.06. The highest BCUT2D eigenvalue weighted by molar-refractivity contribution is 7.21. The first kappa shape index (κ1) is 21.6. The number of nitrogens with zero attached hydrogens (tertiary/aromatic N) is 1. The van der Waals surface area contributed by atoms with E-state index in [0.29, 0.717) is 10.7 Å². The van der Waals surface area contributed by atoms with Crippen molar-refractivity contribution in [2.45, 2.75) is 27.7 Å². The van der Waals surface area contributed by atoms with Crippen molar-refractivity contribution in [3.05, 3.63) is 54.6 Å². The quantitative estimate of drug-likeness (QED) is 0.524. The molecular formula is C23H24FN3O2S. The van der Waals surface area contributed by atoms with Crippen molar-refractivity contribution >= 4 is 33.8 Å². The summed E-state index contributed by atoms with van der Waals surface area (Å²) < 4.78 is 13.6. The first-order chi connectivity index (χ1) is 14.3. The first-order valence-electron chi connectivity index (χ1n) is 9.72. The third-order valence-electron chi connectivity index (χ3n) is 4.52. The zero-order valence-corrected chi connectivity index (χ0v) is 18.1. The fourth-order valence-electron chi connectivity index (χ4n) is 2.76. The van der Waals surface area contributed by atoms with Gasteiger partial charge < -0.3 is 10.6 Å². The maximum atomic E-state index is 13.6. The van der Waals surface area contributed by atoms with Crippen LogP contribution in [0.2, 0.25) is 0 Å². The summed E-state index contributed by atoms with van der Waals surface area (Å²) in [5.41, 5.74) is 2.88. The number of amides is 2. The zero-order chi connectivity index (χ0) is 21.8. The molecular weight excluding hydrogens is 401 g/mol. The van der Waals surface area contributed by atoms with Gasteiger partial charge in [-0.05, 0) is 35.4 Å². The van der Waals surface area contributed by atoms with Gasteiger partial charge in [-0.1, -0.05) is 39.8 Å². The fraction of sp³-hybridized carbons (Fsp3) is 0.261. The van der Waals surface area contributed by atoms with Gasteiger partial charge in [0, 0.05) is 34.7 Å². The summed E-state index contributed by atoms with van der Waals surface area (Å²) in [6, 6.07) is 9.82. The van der Waals surface area contributed by atoms with Gasteiger partial charge >= 0.3 is 0 Å². The molecule has 156 valence electrons. The molecule has 7 heteroatoms. The zero-order valence-electron chi connectivity index (χ0n) is 17.3. The number of benzene rings is 1. The average molecular weight is 426 g/mol. The molecule has 0 fully saturated rings. The molecule has 2 amide bonds. The van der Waals surface area contributed by atoms with Gasteiger partial charge in [-0.25, -0.2) is 4.39 Å². The smallest absolute Gasteiger partial charge is 0.227 e. The number of halogens is 1. The molecule has 0 saturated carbocycles. The van der Waals surface area contributed by atoms with Crippen LogP contribution in [0, 0.1) is 17.7 Å². The number of aromatic nitrogens is 1. The summed E-state index contributed by atoms with van der Waals surface area (Å²) in [7, 11) is 0. The van der Waals surface area contributed by atoms with E-state index < -0.39 is 0 Å². The Labute approximate surface area is 179 Å². The van der Waals surface area contributed by atoms with Crippen molar-refractivity contribution in [2.24, 2.45) is 11.8 Å². The summed E-state index contributed by atoms with van der Waals surface area (Å²) in [4.78, 5) is 29.9. The summed E-state index contributed by atoms with van der Waals surface area (Å²) in [5.74, 6) is -1.13. The molecule has 0 spiro atoms. The highest BCUT2D eigenvalue weighted by Crippen LogP contribution is 2.49. The van der Waals surface area contributed by atoms with E-state index in [1.807, 2.05) is 12.1 Å². The molecule has 2 aromatic heterocycles. The second kappa shape index (κ2) is 9.17. The Morgan fingerprint density at radius 1 is 0.867 bits per heavy atom. The van der Waals surface area contributed by atoms with Gasteiger partial charge in [0.15, 0.2) is 0 Å². The van der Waals surface area contributed by atoms with Gasteiger partial charge in [0.25, 0.3) is 0 Å². The largest absolute Gasteiger partial charge is 0.323 e. The van der Waals surface area contributed by atoms with E-state index in [4.69, 9.17) is 0 Å². The molecule has 1 aromatic carbocycles. The monoisotopic (exact) mass is 425 g/mol. The number of carbonyl (C=O) groups excluding carboxylic acids is 2. The summed E-state index contributed by atoms with van der Waals surface area (Å²) in [5, 5.41) is 6.46. The van der Waals surface area contributed by atoms with Crippen LogP contribution in [0.4, 0.5) is 15.1 Å².